The van der Waals surface area contributed by atoms with Crippen molar-refractivity contribution in [3.8, 4) is 5.75 Å². The van der Waals surface area contributed by atoms with Crippen LogP contribution in [-0.2, 0) is 11.2 Å². The van der Waals surface area contributed by atoms with E-state index in [1.807, 2.05) is 54.6 Å². The van der Waals surface area contributed by atoms with Gasteiger partial charge in [0.05, 0.1) is 0 Å². The smallest absolute Gasteiger partial charge is 0.328 e. The van der Waals surface area contributed by atoms with Crippen molar-refractivity contribution in [1.82, 2.24) is 0 Å². The highest BCUT2D eigenvalue weighted by Crippen LogP contribution is 2.30. The van der Waals surface area contributed by atoms with E-state index in [2.05, 4.69) is 44.2 Å². The monoisotopic (exact) mass is 398 g/mol. The Hall–Kier alpha value is -3.59. The summed E-state index contributed by atoms with van der Waals surface area (Å²) in [6.07, 6.45) is 7.59. The number of allylic oxidation sites excluding steroid dienone is 1. The van der Waals surface area contributed by atoms with E-state index in [9.17, 15) is 4.79 Å². The normalized spacial score (nSPS) is 12.3. The van der Waals surface area contributed by atoms with E-state index in [4.69, 9.17) is 9.84 Å². The highest BCUT2D eigenvalue weighted by atomic mass is 16.5. The third-order valence-corrected chi connectivity index (χ3v) is 4.90. The van der Waals surface area contributed by atoms with Crippen LogP contribution >= 0.6 is 0 Å². The van der Waals surface area contributed by atoms with Gasteiger partial charge in [-0.1, -0.05) is 84.9 Å². The van der Waals surface area contributed by atoms with Crippen molar-refractivity contribution in [1.29, 1.82) is 0 Å². The maximum absolute atomic E-state index is 10.8. The Kier molecular flexibility index (Phi) is 7.23. The summed E-state index contributed by atoms with van der Waals surface area (Å²) in [6.45, 7) is 4.11. The molecule has 3 nitrogen and oxygen atoms in total. The van der Waals surface area contributed by atoms with Crippen LogP contribution in [0.25, 0.3) is 12.2 Å². The summed E-state index contributed by atoms with van der Waals surface area (Å²) in [5.74, 6) is -0.0707. The number of hydrogen-bond acceptors (Lipinski definition) is 2. The van der Waals surface area contributed by atoms with Gasteiger partial charge in [0.1, 0.15) is 11.9 Å². The zero-order valence-corrected chi connectivity index (χ0v) is 17.3. The highest BCUT2D eigenvalue weighted by Gasteiger charge is 2.11. The lowest BCUT2D eigenvalue weighted by Crippen LogP contribution is -2.05. The van der Waals surface area contributed by atoms with Gasteiger partial charge in [0.2, 0.25) is 0 Å². The van der Waals surface area contributed by atoms with Crippen LogP contribution in [0.5, 0.6) is 5.75 Å². The summed E-state index contributed by atoms with van der Waals surface area (Å²) in [5, 5.41) is 8.89. The van der Waals surface area contributed by atoms with Crippen molar-refractivity contribution in [2.75, 3.05) is 0 Å². The standard InChI is InChI=1S/C27H26O3/c1-20-10-8-16-25(27(20)30-21(2)22-11-4-3-5-12-22)17-9-15-23-13-6-7-14-24(23)18-19-26(28)29/h3-14,16-19,21H,15H2,1-2H3,(H,28,29)/b17-9+,19-18+. The summed E-state index contributed by atoms with van der Waals surface area (Å²) in [5.41, 5.74) is 5.22. The number of rotatable bonds is 8. The molecule has 1 N–H and O–H groups in total. The molecule has 0 bridgehead atoms. The number of ether oxygens (including phenoxy) is 1. The number of benzene rings is 3. The van der Waals surface area contributed by atoms with Gasteiger partial charge in [0.25, 0.3) is 0 Å². The van der Waals surface area contributed by atoms with Crippen LogP contribution in [-0.4, -0.2) is 11.1 Å². The average Bonchev–Trinajstić information content (AvgIpc) is 2.75. The van der Waals surface area contributed by atoms with Gasteiger partial charge in [0.15, 0.2) is 0 Å². The predicted octanol–water partition coefficient (Wildman–Crippen LogP) is 6.49. The molecular formula is C27H26O3. The Labute approximate surface area is 178 Å². The van der Waals surface area contributed by atoms with Crippen LogP contribution in [0.2, 0.25) is 0 Å². The van der Waals surface area contributed by atoms with Crippen molar-refractivity contribution in [2.45, 2.75) is 26.4 Å². The molecule has 152 valence electrons. The summed E-state index contributed by atoms with van der Waals surface area (Å²) in [7, 11) is 0. The fourth-order valence-corrected chi connectivity index (χ4v) is 3.29. The fourth-order valence-electron chi connectivity index (χ4n) is 3.29. The fraction of sp³-hybridized carbons (Fsp3) is 0.148. The van der Waals surface area contributed by atoms with E-state index in [-0.39, 0.29) is 6.10 Å². The molecule has 3 heteroatoms. The summed E-state index contributed by atoms with van der Waals surface area (Å²) < 4.78 is 6.33. The zero-order chi connectivity index (χ0) is 21.3. The molecule has 0 aromatic heterocycles. The van der Waals surface area contributed by atoms with Crippen molar-refractivity contribution < 1.29 is 14.6 Å². The minimum atomic E-state index is -0.950. The highest BCUT2D eigenvalue weighted by molar-refractivity contribution is 5.85. The maximum Gasteiger partial charge on any atom is 0.328 e. The van der Waals surface area contributed by atoms with Gasteiger partial charge in [-0.15, -0.1) is 0 Å². The Balaban J connectivity index is 1.79. The van der Waals surface area contributed by atoms with E-state index < -0.39 is 5.97 Å². The molecular weight excluding hydrogens is 372 g/mol. The Morgan fingerprint density at radius 3 is 2.40 bits per heavy atom. The van der Waals surface area contributed by atoms with Crippen molar-refractivity contribution >= 4 is 18.1 Å². The van der Waals surface area contributed by atoms with Gasteiger partial charge >= 0.3 is 5.97 Å². The second-order valence-corrected chi connectivity index (χ2v) is 7.14. The third kappa shape index (κ3) is 5.71. The number of carboxylic acids is 1. The Morgan fingerprint density at radius 1 is 0.933 bits per heavy atom. The third-order valence-electron chi connectivity index (χ3n) is 4.90. The average molecular weight is 399 g/mol. The van der Waals surface area contributed by atoms with Crippen LogP contribution < -0.4 is 4.74 Å². The number of para-hydroxylation sites is 1. The molecule has 3 aromatic carbocycles. The minimum Gasteiger partial charge on any atom is -0.485 e. The molecule has 0 saturated heterocycles. The quantitative estimate of drug-likeness (QED) is 0.441. The largest absolute Gasteiger partial charge is 0.485 e. The van der Waals surface area contributed by atoms with Gasteiger partial charge in [0, 0.05) is 11.6 Å². The Bertz CT molecular complexity index is 1050. The summed E-state index contributed by atoms with van der Waals surface area (Å²) >= 11 is 0. The van der Waals surface area contributed by atoms with Gasteiger partial charge < -0.3 is 9.84 Å². The second-order valence-electron chi connectivity index (χ2n) is 7.14. The molecule has 3 aromatic rings. The molecule has 1 unspecified atom stereocenters. The van der Waals surface area contributed by atoms with E-state index >= 15 is 0 Å². The molecule has 0 heterocycles. The lowest BCUT2D eigenvalue weighted by Gasteiger charge is -2.18. The first-order valence-corrected chi connectivity index (χ1v) is 10.0. The molecule has 1 atom stereocenters. The molecule has 3 rings (SSSR count). The molecule has 0 aliphatic carbocycles. The van der Waals surface area contributed by atoms with Crippen molar-refractivity contribution in [3.05, 3.63) is 113 Å². The van der Waals surface area contributed by atoms with Crippen molar-refractivity contribution in [3.63, 3.8) is 0 Å². The zero-order valence-electron chi connectivity index (χ0n) is 17.3. The molecule has 0 radical (unpaired) electrons. The van der Waals surface area contributed by atoms with Gasteiger partial charge in [-0.05, 0) is 48.6 Å². The number of aryl methyl sites for hydroxylation is 1. The van der Waals surface area contributed by atoms with E-state index in [0.717, 1.165) is 33.6 Å². The van der Waals surface area contributed by atoms with E-state index in [1.165, 1.54) is 6.08 Å². The molecule has 0 fully saturated rings. The molecule has 0 aliphatic rings. The van der Waals surface area contributed by atoms with Gasteiger partial charge in [-0.25, -0.2) is 4.79 Å². The van der Waals surface area contributed by atoms with Gasteiger partial charge in [-0.2, -0.15) is 0 Å². The van der Waals surface area contributed by atoms with E-state index in [1.54, 1.807) is 6.08 Å². The molecule has 0 saturated carbocycles. The summed E-state index contributed by atoms with van der Waals surface area (Å²) in [6, 6.07) is 24.1. The summed E-state index contributed by atoms with van der Waals surface area (Å²) in [4.78, 5) is 10.8. The van der Waals surface area contributed by atoms with E-state index in [0.29, 0.717) is 6.42 Å². The first kappa shape index (κ1) is 21.1. The van der Waals surface area contributed by atoms with Crippen LogP contribution in [0.1, 0.15) is 40.8 Å². The SMILES string of the molecule is Cc1cccc(/C=C/Cc2ccccc2/C=C/C(=O)O)c1OC(C)c1ccccc1. The van der Waals surface area contributed by atoms with Gasteiger partial charge in [-0.3, -0.25) is 0 Å². The number of carboxylic acid groups (broad SMARTS) is 1. The minimum absolute atomic E-state index is 0.0543. The second kappa shape index (κ2) is 10.3. The number of hydrogen-bond donors (Lipinski definition) is 1. The Morgan fingerprint density at radius 2 is 1.63 bits per heavy atom. The molecule has 0 spiro atoms. The lowest BCUT2D eigenvalue weighted by atomic mass is 10.0. The van der Waals surface area contributed by atoms with Crippen LogP contribution in [0.4, 0.5) is 0 Å². The first-order chi connectivity index (χ1) is 14.5. The molecule has 0 aliphatic heterocycles. The maximum atomic E-state index is 10.8. The van der Waals surface area contributed by atoms with Crippen molar-refractivity contribution in [2.24, 2.45) is 0 Å². The lowest BCUT2D eigenvalue weighted by molar-refractivity contribution is -0.131. The van der Waals surface area contributed by atoms with Crippen LogP contribution in [0, 0.1) is 6.92 Å². The predicted molar refractivity (Wildman–Crippen MR) is 123 cm³/mol. The molecule has 0 amide bonds. The topological polar surface area (TPSA) is 46.5 Å². The first-order valence-electron chi connectivity index (χ1n) is 10.0. The number of carbonyl (C=O) groups is 1. The number of aliphatic carboxylic acids is 1. The van der Waals surface area contributed by atoms with Crippen LogP contribution in [0.3, 0.4) is 0 Å². The van der Waals surface area contributed by atoms with Crippen LogP contribution in [0.15, 0.2) is 84.9 Å². The molecule has 30 heavy (non-hydrogen) atoms.